The molecular formula is C14H24N2O3. The van der Waals surface area contributed by atoms with Crippen LogP contribution in [0.25, 0.3) is 0 Å². The number of carbonyl (C=O) groups is 2. The van der Waals surface area contributed by atoms with E-state index in [0.29, 0.717) is 38.9 Å². The van der Waals surface area contributed by atoms with Gasteiger partial charge >= 0.3 is 12.0 Å². The summed E-state index contributed by atoms with van der Waals surface area (Å²) in [4.78, 5) is 26.9. The van der Waals surface area contributed by atoms with Gasteiger partial charge in [-0.05, 0) is 25.7 Å². The Morgan fingerprint density at radius 3 is 2.42 bits per heavy atom. The molecule has 5 nitrogen and oxygen atoms in total. The minimum Gasteiger partial charge on any atom is -0.481 e. The third-order valence-corrected chi connectivity index (χ3v) is 4.12. The second-order valence-electron chi connectivity index (χ2n) is 5.21. The van der Waals surface area contributed by atoms with E-state index in [0.717, 1.165) is 6.42 Å². The van der Waals surface area contributed by atoms with Gasteiger partial charge in [-0.2, -0.15) is 0 Å². The summed E-state index contributed by atoms with van der Waals surface area (Å²) >= 11 is 0. The molecule has 0 aromatic carbocycles. The Labute approximate surface area is 114 Å². The third-order valence-electron chi connectivity index (χ3n) is 4.12. The SMILES string of the molecule is C=CCCN(C)C(=O)N1CCC(CC)(C(=O)O)CC1. The van der Waals surface area contributed by atoms with Crippen molar-refractivity contribution in [3.8, 4) is 0 Å². The van der Waals surface area contributed by atoms with Crippen LogP contribution in [0.3, 0.4) is 0 Å². The van der Waals surface area contributed by atoms with Crippen LogP contribution in [0.4, 0.5) is 4.79 Å². The van der Waals surface area contributed by atoms with Gasteiger partial charge in [-0.25, -0.2) is 4.79 Å². The van der Waals surface area contributed by atoms with Gasteiger partial charge < -0.3 is 14.9 Å². The lowest BCUT2D eigenvalue weighted by Crippen LogP contribution is -2.50. The summed E-state index contributed by atoms with van der Waals surface area (Å²) in [6.45, 7) is 7.24. The number of likely N-dealkylation sites (tertiary alicyclic amines) is 1. The summed E-state index contributed by atoms with van der Waals surface area (Å²) in [6.07, 6.45) is 4.26. The molecule has 0 radical (unpaired) electrons. The van der Waals surface area contributed by atoms with Gasteiger partial charge in [0.25, 0.3) is 0 Å². The van der Waals surface area contributed by atoms with E-state index in [1.54, 1.807) is 22.9 Å². The Bertz CT molecular complexity index is 347. The van der Waals surface area contributed by atoms with Gasteiger partial charge in [0.1, 0.15) is 0 Å². The number of urea groups is 1. The van der Waals surface area contributed by atoms with Gasteiger partial charge in [-0.15, -0.1) is 6.58 Å². The number of carboxylic acid groups (broad SMARTS) is 1. The van der Waals surface area contributed by atoms with E-state index in [-0.39, 0.29) is 6.03 Å². The van der Waals surface area contributed by atoms with Gasteiger partial charge in [0, 0.05) is 26.7 Å². The molecule has 1 N–H and O–H groups in total. The van der Waals surface area contributed by atoms with Crippen LogP contribution in [0.1, 0.15) is 32.6 Å². The lowest BCUT2D eigenvalue weighted by Gasteiger charge is -2.39. The molecule has 0 atom stereocenters. The molecular weight excluding hydrogens is 244 g/mol. The van der Waals surface area contributed by atoms with Gasteiger partial charge in [-0.1, -0.05) is 13.0 Å². The minimum absolute atomic E-state index is 0.0167. The largest absolute Gasteiger partial charge is 0.481 e. The lowest BCUT2D eigenvalue weighted by molar-refractivity contribution is -0.152. The fraction of sp³-hybridized carbons (Fsp3) is 0.714. The first-order chi connectivity index (χ1) is 8.96. The highest BCUT2D eigenvalue weighted by Gasteiger charge is 2.41. The zero-order chi connectivity index (χ0) is 14.5. The molecule has 1 saturated heterocycles. The molecule has 0 saturated carbocycles. The first-order valence-corrected chi connectivity index (χ1v) is 6.81. The summed E-state index contributed by atoms with van der Waals surface area (Å²) in [7, 11) is 1.77. The van der Waals surface area contributed by atoms with Crippen molar-refractivity contribution in [3.05, 3.63) is 12.7 Å². The van der Waals surface area contributed by atoms with Crippen molar-refractivity contribution >= 4 is 12.0 Å². The fourth-order valence-corrected chi connectivity index (χ4v) is 2.47. The number of amides is 2. The molecule has 0 spiro atoms. The van der Waals surface area contributed by atoms with Gasteiger partial charge in [0.2, 0.25) is 0 Å². The Kier molecular flexibility index (Phi) is 5.39. The Morgan fingerprint density at radius 1 is 1.42 bits per heavy atom. The third kappa shape index (κ3) is 3.49. The maximum atomic E-state index is 12.1. The molecule has 19 heavy (non-hydrogen) atoms. The van der Waals surface area contributed by atoms with Crippen molar-refractivity contribution in [1.29, 1.82) is 0 Å². The number of carboxylic acids is 1. The monoisotopic (exact) mass is 268 g/mol. The van der Waals surface area contributed by atoms with E-state index in [2.05, 4.69) is 6.58 Å². The Balaban J connectivity index is 2.55. The van der Waals surface area contributed by atoms with Crippen molar-refractivity contribution in [3.63, 3.8) is 0 Å². The smallest absolute Gasteiger partial charge is 0.319 e. The molecule has 2 amide bonds. The van der Waals surface area contributed by atoms with Crippen LogP contribution in [0.2, 0.25) is 0 Å². The van der Waals surface area contributed by atoms with Crippen LogP contribution in [0.5, 0.6) is 0 Å². The molecule has 0 aromatic heterocycles. The first-order valence-electron chi connectivity index (χ1n) is 6.81. The van der Waals surface area contributed by atoms with E-state index in [4.69, 9.17) is 0 Å². The molecule has 108 valence electrons. The predicted octanol–water partition coefficient (Wildman–Crippen LogP) is 2.19. The summed E-state index contributed by atoms with van der Waals surface area (Å²) in [6, 6.07) is -0.0167. The minimum atomic E-state index is -0.734. The highest BCUT2D eigenvalue weighted by molar-refractivity contribution is 5.77. The average molecular weight is 268 g/mol. The van der Waals surface area contributed by atoms with Crippen molar-refractivity contribution in [1.82, 2.24) is 9.80 Å². The molecule has 1 rings (SSSR count). The van der Waals surface area contributed by atoms with Gasteiger partial charge in [0.15, 0.2) is 0 Å². The van der Waals surface area contributed by atoms with Gasteiger partial charge in [0.05, 0.1) is 5.41 Å². The van der Waals surface area contributed by atoms with Crippen LogP contribution in [0, 0.1) is 5.41 Å². The quantitative estimate of drug-likeness (QED) is 0.777. The van der Waals surface area contributed by atoms with Crippen molar-refractivity contribution in [2.45, 2.75) is 32.6 Å². The zero-order valence-corrected chi connectivity index (χ0v) is 11.9. The highest BCUT2D eigenvalue weighted by atomic mass is 16.4. The topological polar surface area (TPSA) is 60.9 Å². The number of hydrogen-bond acceptors (Lipinski definition) is 2. The molecule has 5 heteroatoms. The number of rotatable bonds is 5. The Hall–Kier alpha value is -1.52. The lowest BCUT2D eigenvalue weighted by atomic mass is 9.76. The van der Waals surface area contributed by atoms with Crippen molar-refractivity contribution in [2.24, 2.45) is 5.41 Å². The average Bonchev–Trinajstić information content (AvgIpc) is 2.43. The first kappa shape index (κ1) is 15.5. The van der Waals surface area contributed by atoms with Crippen molar-refractivity contribution < 1.29 is 14.7 Å². The number of piperidine rings is 1. The molecule has 0 bridgehead atoms. The highest BCUT2D eigenvalue weighted by Crippen LogP contribution is 2.35. The van der Waals surface area contributed by atoms with E-state index >= 15 is 0 Å². The maximum Gasteiger partial charge on any atom is 0.319 e. The zero-order valence-electron chi connectivity index (χ0n) is 11.9. The summed E-state index contributed by atoms with van der Waals surface area (Å²) < 4.78 is 0. The fourth-order valence-electron chi connectivity index (χ4n) is 2.47. The summed E-state index contributed by atoms with van der Waals surface area (Å²) in [5, 5.41) is 9.31. The number of nitrogens with zero attached hydrogens (tertiary/aromatic N) is 2. The van der Waals surface area contributed by atoms with Crippen LogP contribution >= 0.6 is 0 Å². The van der Waals surface area contributed by atoms with E-state index in [1.807, 2.05) is 6.92 Å². The molecule has 1 heterocycles. The van der Waals surface area contributed by atoms with Crippen LogP contribution in [-0.4, -0.2) is 53.6 Å². The second kappa shape index (κ2) is 6.59. The summed E-state index contributed by atoms with van der Waals surface area (Å²) in [5.74, 6) is -0.734. The van der Waals surface area contributed by atoms with E-state index in [9.17, 15) is 14.7 Å². The number of hydrogen-bond donors (Lipinski definition) is 1. The number of carbonyl (C=O) groups excluding carboxylic acids is 1. The second-order valence-corrected chi connectivity index (χ2v) is 5.21. The molecule has 0 unspecified atom stereocenters. The Morgan fingerprint density at radius 2 is 2.00 bits per heavy atom. The maximum absolute atomic E-state index is 12.1. The summed E-state index contributed by atoms with van der Waals surface area (Å²) in [5.41, 5.74) is -0.642. The normalized spacial score (nSPS) is 17.9. The van der Waals surface area contributed by atoms with Crippen LogP contribution in [0.15, 0.2) is 12.7 Å². The molecule has 1 aliphatic heterocycles. The molecule has 1 aliphatic rings. The van der Waals surface area contributed by atoms with Crippen LogP contribution < -0.4 is 0 Å². The molecule has 0 aromatic rings. The molecule has 1 fully saturated rings. The van der Waals surface area contributed by atoms with Gasteiger partial charge in [-0.3, -0.25) is 4.79 Å². The predicted molar refractivity (Wildman–Crippen MR) is 74.0 cm³/mol. The van der Waals surface area contributed by atoms with E-state index < -0.39 is 11.4 Å². The van der Waals surface area contributed by atoms with E-state index in [1.165, 1.54) is 0 Å². The number of aliphatic carboxylic acids is 1. The van der Waals surface area contributed by atoms with Crippen LogP contribution in [-0.2, 0) is 4.79 Å². The standard InChI is InChI=1S/C14H24N2O3/c1-4-6-9-15(3)13(19)16-10-7-14(5-2,8-11-16)12(17)18/h4H,1,5-11H2,2-3H3,(H,17,18). The van der Waals surface area contributed by atoms with Crippen molar-refractivity contribution in [2.75, 3.05) is 26.7 Å². The molecule has 0 aliphatic carbocycles.